The van der Waals surface area contributed by atoms with Gasteiger partial charge in [0.2, 0.25) is 0 Å². The van der Waals surface area contributed by atoms with Crippen LogP contribution in [0.3, 0.4) is 0 Å². The average molecular weight is 274 g/mol. The largest absolute Gasteiger partial charge is 0.488 e. The van der Waals surface area contributed by atoms with Crippen molar-refractivity contribution in [3.8, 4) is 5.75 Å². The van der Waals surface area contributed by atoms with Crippen LogP contribution in [0.1, 0.15) is 56.8 Å². The van der Waals surface area contributed by atoms with Crippen molar-refractivity contribution < 1.29 is 4.74 Å². The Bertz CT molecular complexity index is 480. The van der Waals surface area contributed by atoms with Gasteiger partial charge < -0.3 is 10.5 Å². The summed E-state index contributed by atoms with van der Waals surface area (Å²) >= 11 is 0. The number of rotatable bonds is 3. The number of aryl methyl sites for hydroxylation is 2. The summed E-state index contributed by atoms with van der Waals surface area (Å²) in [6.45, 7) is 4.17. The highest BCUT2D eigenvalue weighted by Crippen LogP contribution is 2.52. The van der Waals surface area contributed by atoms with Gasteiger partial charge in [-0.1, -0.05) is 26.2 Å². The average Bonchev–Trinajstić information content (AvgIpc) is 2.49. The molecule has 1 heterocycles. The van der Waals surface area contributed by atoms with E-state index < -0.39 is 0 Å². The van der Waals surface area contributed by atoms with Gasteiger partial charge in [-0.3, -0.25) is 4.98 Å². The molecular weight excluding hydrogens is 248 g/mol. The summed E-state index contributed by atoms with van der Waals surface area (Å²) in [4.78, 5) is 4.60. The third-order valence-corrected chi connectivity index (χ3v) is 5.31. The maximum absolute atomic E-state index is 6.35. The summed E-state index contributed by atoms with van der Waals surface area (Å²) < 4.78 is 6.35. The van der Waals surface area contributed by atoms with Gasteiger partial charge in [0.25, 0.3) is 0 Å². The molecule has 2 fully saturated rings. The summed E-state index contributed by atoms with van der Waals surface area (Å²) in [6.07, 6.45) is 8.65. The number of hydrogen-bond acceptors (Lipinski definition) is 3. The molecule has 3 nitrogen and oxygen atoms in total. The van der Waals surface area contributed by atoms with E-state index in [0.29, 0.717) is 12.1 Å². The number of nitrogens with zero attached hydrogens (tertiary/aromatic N) is 1. The van der Waals surface area contributed by atoms with Crippen molar-refractivity contribution in [1.82, 2.24) is 4.98 Å². The Morgan fingerprint density at radius 3 is 2.70 bits per heavy atom. The Morgan fingerprint density at radius 2 is 2.05 bits per heavy atom. The van der Waals surface area contributed by atoms with E-state index in [4.69, 9.17) is 10.5 Å². The molecule has 0 saturated heterocycles. The van der Waals surface area contributed by atoms with Gasteiger partial charge in [0.15, 0.2) is 0 Å². The van der Waals surface area contributed by atoms with Crippen LogP contribution in [0.5, 0.6) is 5.75 Å². The normalized spacial score (nSPS) is 28.1. The maximum Gasteiger partial charge on any atom is 0.141 e. The molecule has 0 amide bonds. The van der Waals surface area contributed by atoms with Crippen LogP contribution in [0.15, 0.2) is 12.1 Å². The Labute approximate surface area is 121 Å². The van der Waals surface area contributed by atoms with Crippen LogP contribution in [-0.2, 0) is 6.42 Å². The fraction of sp³-hybridized carbons (Fsp3) is 0.706. The van der Waals surface area contributed by atoms with Crippen molar-refractivity contribution in [3.63, 3.8) is 0 Å². The van der Waals surface area contributed by atoms with Gasteiger partial charge in [-0.2, -0.15) is 0 Å². The molecule has 2 N–H and O–H groups in total. The topological polar surface area (TPSA) is 48.1 Å². The molecule has 0 radical (unpaired) electrons. The van der Waals surface area contributed by atoms with E-state index in [2.05, 4.69) is 18.0 Å². The van der Waals surface area contributed by atoms with Gasteiger partial charge in [-0.15, -0.1) is 0 Å². The summed E-state index contributed by atoms with van der Waals surface area (Å²) in [5.74, 6) is 0.972. The molecule has 20 heavy (non-hydrogen) atoms. The number of ether oxygens (including phenoxy) is 1. The van der Waals surface area contributed by atoms with Crippen LogP contribution in [0, 0.1) is 12.3 Å². The van der Waals surface area contributed by atoms with Crippen LogP contribution in [0.2, 0.25) is 0 Å². The van der Waals surface area contributed by atoms with Crippen LogP contribution >= 0.6 is 0 Å². The Balaban J connectivity index is 1.78. The SMILES string of the molecule is CCc1nc(C)ccc1OC1CC(N)C12CCCCC2. The fourth-order valence-corrected chi connectivity index (χ4v) is 3.96. The van der Waals surface area contributed by atoms with Gasteiger partial charge in [-0.25, -0.2) is 0 Å². The highest BCUT2D eigenvalue weighted by atomic mass is 16.5. The monoisotopic (exact) mass is 274 g/mol. The lowest BCUT2D eigenvalue weighted by molar-refractivity contribution is -0.0903. The minimum atomic E-state index is 0.244. The zero-order chi connectivity index (χ0) is 14.2. The molecule has 0 bridgehead atoms. The minimum Gasteiger partial charge on any atom is -0.488 e. The van der Waals surface area contributed by atoms with Crippen LogP contribution in [-0.4, -0.2) is 17.1 Å². The molecule has 2 aliphatic rings. The molecule has 1 spiro atoms. The van der Waals surface area contributed by atoms with E-state index in [0.717, 1.165) is 30.0 Å². The van der Waals surface area contributed by atoms with E-state index >= 15 is 0 Å². The third-order valence-electron chi connectivity index (χ3n) is 5.31. The highest BCUT2D eigenvalue weighted by molar-refractivity contribution is 5.30. The fourth-order valence-electron chi connectivity index (χ4n) is 3.96. The lowest BCUT2D eigenvalue weighted by atomic mass is 9.55. The molecule has 2 aliphatic carbocycles. The molecule has 1 aromatic heterocycles. The number of nitrogens with two attached hydrogens (primary N) is 1. The van der Waals surface area contributed by atoms with Gasteiger partial charge in [0.05, 0.1) is 5.69 Å². The molecule has 3 heteroatoms. The molecule has 2 saturated carbocycles. The van der Waals surface area contributed by atoms with Crippen molar-refractivity contribution in [2.24, 2.45) is 11.1 Å². The summed E-state index contributed by atoms with van der Waals surface area (Å²) in [6, 6.07) is 4.46. The van der Waals surface area contributed by atoms with E-state index in [1.807, 2.05) is 13.0 Å². The molecule has 0 aromatic carbocycles. The first-order valence-electron chi connectivity index (χ1n) is 8.04. The van der Waals surface area contributed by atoms with E-state index in [1.165, 1.54) is 32.1 Å². The zero-order valence-corrected chi connectivity index (χ0v) is 12.7. The van der Waals surface area contributed by atoms with E-state index in [9.17, 15) is 0 Å². The summed E-state index contributed by atoms with van der Waals surface area (Å²) in [5, 5.41) is 0. The molecule has 1 aromatic rings. The molecular formula is C17H26N2O. The smallest absolute Gasteiger partial charge is 0.141 e. The predicted molar refractivity (Wildman–Crippen MR) is 80.9 cm³/mol. The first-order chi connectivity index (χ1) is 9.65. The van der Waals surface area contributed by atoms with Gasteiger partial charge in [0.1, 0.15) is 11.9 Å². The van der Waals surface area contributed by atoms with Crippen molar-refractivity contribution in [1.29, 1.82) is 0 Å². The van der Waals surface area contributed by atoms with E-state index in [-0.39, 0.29) is 5.41 Å². The summed E-state index contributed by atoms with van der Waals surface area (Å²) in [7, 11) is 0. The van der Waals surface area contributed by atoms with Crippen molar-refractivity contribution >= 4 is 0 Å². The number of aromatic nitrogens is 1. The predicted octanol–water partition coefficient (Wildman–Crippen LogP) is 3.38. The van der Waals surface area contributed by atoms with Gasteiger partial charge in [0, 0.05) is 23.6 Å². The Morgan fingerprint density at radius 1 is 1.30 bits per heavy atom. The van der Waals surface area contributed by atoms with Gasteiger partial charge in [-0.05, 0) is 38.3 Å². The third kappa shape index (κ3) is 2.22. The quantitative estimate of drug-likeness (QED) is 0.919. The standard InChI is InChI=1S/C17H26N2O/c1-3-13-14(8-7-12(2)19-13)20-16-11-15(18)17(16)9-5-4-6-10-17/h7-8,15-16H,3-6,9-11,18H2,1-2H3. The minimum absolute atomic E-state index is 0.244. The second kappa shape index (κ2) is 5.36. The molecule has 110 valence electrons. The first-order valence-corrected chi connectivity index (χ1v) is 8.04. The van der Waals surface area contributed by atoms with Crippen LogP contribution in [0.4, 0.5) is 0 Å². The first kappa shape index (κ1) is 13.9. The van der Waals surface area contributed by atoms with Crippen LogP contribution in [0.25, 0.3) is 0 Å². The second-order valence-electron chi connectivity index (χ2n) is 6.49. The summed E-state index contributed by atoms with van der Waals surface area (Å²) in [5.41, 5.74) is 8.72. The molecule has 2 atom stereocenters. The Kier molecular flexibility index (Phi) is 3.72. The van der Waals surface area contributed by atoms with Gasteiger partial charge >= 0.3 is 0 Å². The van der Waals surface area contributed by atoms with E-state index in [1.54, 1.807) is 0 Å². The number of hydrogen-bond donors (Lipinski definition) is 1. The van der Waals surface area contributed by atoms with Crippen molar-refractivity contribution in [2.45, 2.75) is 70.9 Å². The Hall–Kier alpha value is -1.09. The van der Waals surface area contributed by atoms with Crippen molar-refractivity contribution in [3.05, 3.63) is 23.5 Å². The number of pyridine rings is 1. The maximum atomic E-state index is 6.35. The molecule has 2 unspecified atom stereocenters. The molecule has 3 rings (SSSR count). The molecule has 0 aliphatic heterocycles. The second-order valence-corrected chi connectivity index (χ2v) is 6.49. The highest BCUT2D eigenvalue weighted by Gasteiger charge is 2.55. The van der Waals surface area contributed by atoms with Crippen molar-refractivity contribution in [2.75, 3.05) is 0 Å². The lowest BCUT2D eigenvalue weighted by Gasteiger charge is -2.56. The zero-order valence-electron chi connectivity index (χ0n) is 12.7. The van der Waals surface area contributed by atoms with Crippen LogP contribution < -0.4 is 10.5 Å². The lowest BCUT2D eigenvalue weighted by Crippen LogP contribution is -2.64.